The van der Waals surface area contributed by atoms with Gasteiger partial charge in [-0.15, -0.1) is 0 Å². The van der Waals surface area contributed by atoms with Gasteiger partial charge in [0, 0.05) is 18.5 Å². The molecule has 2 atom stereocenters. The number of hydrogen-bond acceptors (Lipinski definition) is 5. The Morgan fingerprint density at radius 3 is 1.68 bits per heavy atom. The summed E-state index contributed by atoms with van der Waals surface area (Å²) in [6.45, 7) is 6.89. The maximum absolute atomic E-state index is 10.8. The molecule has 3 saturated heterocycles. The molecule has 150 valence electrons. The average Bonchev–Trinajstić information content (AvgIpc) is 2.70. The SMILES string of the molecule is C[C@@H](O)[C@H](N(Cc1ccccc1)Cc1ccccc1)C12OCC(C)(CO1)CO2. The molecule has 0 saturated carbocycles. The van der Waals surface area contributed by atoms with Crippen LogP contribution in [0.25, 0.3) is 0 Å². The third-order valence-corrected chi connectivity index (χ3v) is 5.53. The van der Waals surface area contributed by atoms with Crippen LogP contribution >= 0.6 is 0 Å². The zero-order valence-electron chi connectivity index (χ0n) is 16.6. The largest absolute Gasteiger partial charge is 0.391 e. The lowest BCUT2D eigenvalue weighted by atomic mass is 9.90. The summed E-state index contributed by atoms with van der Waals surface area (Å²) in [6, 6.07) is 20.0. The number of ether oxygens (including phenoxy) is 3. The second kappa shape index (κ2) is 7.93. The third kappa shape index (κ3) is 4.00. The van der Waals surface area contributed by atoms with Crippen LogP contribution in [-0.2, 0) is 27.3 Å². The van der Waals surface area contributed by atoms with Crippen molar-refractivity contribution in [1.29, 1.82) is 0 Å². The topological polar surface area (TPSA) is 51.2 Å². The Balaban J connectivity index is 1.65. The van der Waals surface area contributed by atoms with Gasteiger partial charge in [-0.3, -0.25) is 4.90 Å². The lowest BCUT2D eigenvalue weighted by Gasteiger charge is -2.55. The minimum absolute atomic E-state index is 0.116. The van der Waals surface area contributed by atoms with Gasteiger partial charge in [0.25, 0.3) is 0 Å². The zero-order valence-corrected chi connectivity index (χ0v) is 16.6. The van der Waals surface area contributed by atoms with Crippen molar-refractivity contribution >= 4 is 0 Å². The molecule has 1 N–H and O–H groups in total. The van der Waals surface area contributed by atoms with E-state index in [1.54, 1.807) is 6.92 Å². The fourth-order valence-corrected chi connectivity index (χ4v) is 4.04. The van der Waals surface area contributed by atoms with Gasteiger partial charge in [-0.1, -0.05) is 67.6 Å². The Labute approximate surface area is 166 Å². The van der Waals surface area contributed by atoms with Crippen molar-refractivity contribution in [2.24, 2.45) is 5.41 Å². The molecule has 5 rings (SSSR count). The van der Waals surface area contributed by atoms with Crippen LogP contribution in [0, 0.1) is 5.41 Å². The lowest BCUT2D eigenvalue weighted by molar-refractivity contribution is -0.486. The maximum atomic E-state index is 10.8. The van der Waals surface area contributed by atoms with Crippen molar-refractivity contribution in [1.82, 2.24) is 4.90 Å². The fraction of sp³-hybridized carbons (Fsp3) is 0.478. The number of benzene rings is 2. The summed E-state index contributed by atoms with van der Waals surface area (Å²) in [6.07, 6.45) is -0.699. The first-order valence-corrected chi connectivity index (χ1v) is 9.92. The first-order valence-electron chi connectivity index (χ1n) is 9.92. The first kappa shape index (κ1) is 19.6. The van der Waals surface area contributed by atoms with Gasteiger partial charge in [-0.05, 0) is 18.1 Å². The number of aliphatic hydroxyl groups is 1. The lowest BCUT2D eigenvalue weighted by Crippen LogP contribution is -2.69. The van der Waals surface area contributed by atoms with Gasteiger partial charge < -0.3 is 19.3 Å². The Hall–Kier alpha value is -1.76. The summed E-state index contributed by atoms with van der Waals surface area (Å²) in [5, 5.41) is 10.8. The van der Waals surface area contributed by atoms with Crippen LogP contribution in [0.4, 0.5) is 0 Å². The van der Waals surface area contributed by atoms with Crippen molar-refractivity contribution in [2.45, 2.75) is 45.1 Å². The smallest absolute Gasteiger partial charge is 0.302 e. The molecule has 3 fully saturated rings. The van der Waals surface area contributed by atoms with Crippen LogP contribution in [0.5, 0.6) is 0 Å². The molecule has 0 unspecified atom stereocenters. The molecule has 0 aliphatic carbocycles. The number of fused-ring (bicyclic) bond motifs is 3. The van der Waals surface area contributed by atoms with Crippen molar-refractivity contribution in [3.8, 4) is 0 Å². The minimum Gasteiger partial charge on any atom is -0.391 e. The molecule has 0 aromatic heterocycles. The van der Waals surface area contributed by atoms with Gasteiger partial charge in [0.15, 0.2) is 0 Å². The molecule has 28 heavy (non-hydrogen) atoms. The number of hydrogen-bond donors (Lipinski definition) is 1. The van der Waals surface area contributed by atoms with Crippen LogP contribution in [0.3, 0.4) is 0 Å². The highest BCUT2D eigenvalue weighted by molar-refractivity contribution is 5.18. The van der Waals surface area contributed by atoms with E-state index in [4.69, 9.17) is 14.2 Å². The van der Waals surface area contributed by atoms with E-state index in [1.165, 1.54) is 0 Å². The second-order valence-electron chi connectivity index (χ2n) is 8.34. The molecule has 3 aliphatic rings. The van der Waals surface area contributed by atoms with Gasteiger partial charge >= 0.3 is 5.97 Å². The molecular weight excluding hydrogens is 354 g/mol. The average molecular weight is 383 g/mol. The van der Waals surface area contributed by atoms with E-state index >= 15 is 0 Å². The molecule has 0 amide bonds. The van der Waals surface area contributed by atoms with E-state index in [0.717, 1.165) is 11.1 Å². The highest BCUT2D eigenvalue weighted by Gasteiger charge is 2.57. The Morgan fingerprint density at radius 1 is 0.857 bits per heavy atom. The molecule has 3 heterocycles. The van der Waals surface area contributed by atoms with Crippen LogP contribution in [0.1, 0.15) is 25.0 Å². The van der Waals surface area contributed by atoms with Crippen LogP contribution < -0.4 is 0 Å². The van der Waals surface area contributed by atoms with E-state index in [-0.39, 0.29) is 5.41 Å². The van der Waals surface area contributed by atoms with Gasteiger partial charge in [-0.2, -0.15) is 0 Å². The molecule has 2 bridgehead atoms. The minimum atomic E-state index is -1.24. The molecule has 2 aromatic carbocycles. The number of nitrogens with zero attached hydrogens (tertiary/aromatic N) is 1. The monoisotopic (exact) mass is 383 g/mol. The molecule has 2 aromatic rings. The quantitative estimate of drug-likeness (QED) is 0.796. The fourth-order valence-electron chi connectivity index (χ4n) is 4.04. The standard InChI is InChI=1S/C23H29NO4/c1-18(25)21(23-26-15-22(2,16-27-23)17-28-23)24(13-19-9-5-3-6-10-19)14-20-11-7-4-8-12-20/h3-12,18,21,25H,13-17H2,1-2H3/t18-,21+,22?,23?/m1/s1. The summed E-state index contributed by atoms with van der Waals surface area (Å²) in [4.78, 5) is 2.20. The molecule has 3 aliphatic heterocycles. The molecule has 5 nitrogen and oxygen atoms in total. The summed E-state index contributed by atoms with van der Waals surface area (Å²) in [5.41, 5.74) is 2.21. The highest BCUT2D eigenvalue weighted by Crippen LogP contribution is 2.42. The molecular formula is C23H29NO4. The first-order chi connectivity index (χ1) is 13.5. The number of rotatable bonds is 7. The van der Waals surface area contributed by atoms with E-state index in [9.17, 15) is 5.11 Å². The summed E-state index contributed by atoms with van der Waals surface area (Å²) in [5.74, 6) is -1.24. The van der Waals surface area contributed by atoms with E-state index < -0.39 is 18.1 Å². The summed E-state index contributed by atoms with van der Waals surface area (Å²) in [7, 11) is 0. The van der Waals surface area contributed by atoms with E-state index in [2.05, 4.69) is 36.1 Å². The van der Waals surface area contributed by atoms with Gasteiger partial charge in [-0.25, -0.2) is 0 Å². The van der Waals surface area contributed by atoms with E-state index in [1.807, 2.05) is 36.4 Å². The van der Waals surface area contributed by atoms with Gasteiger partial charge in [0.2, 0.25) is 0 Å². The van der Waals surface area contributed by atoms with Crippen molar-refractivity contribution in [3.63, 3.8) is 0 Å². The van der Waals surface area contributed by atoms with E-state index in [0.29, 0.717) is 32.9 Å². The van der Waals surface area contributed by atoms with Crippen molar-refractivity contribution in [2.75, 3.05) is 19.8 Å². The third-order valence-electron chi connectivity index (χ3n) is 5.53. The van der Waals surface area contributed by atoms with Crippen molar-refractivity contribution < 1.29 is 19.3 Å². The predicted octanol–water partition coefficient (Wildman–Crippen LogP) is 3.18. The molecule has 0 radical (unpaired) electrons. The molecule has 0 spiro atoms. The van der Waals surface area contributed by atoms with Gasteiger partial charge in [0.05, 0.1) is 25.9 Å². The van der Waals surface area contributed by atoms with Crippen LogP contribution in [-0.4, -0.2) is 47.9 Å². The number of aliphatic hydroxyl groups excluding tert-OH is 1. The summed E-state index contributed by atoms with van der Waals surface area (Å²) < 4.78 is 18.3. The van der Waals surface area contributed by atoms with Gasteiger partial charge in [0.1, 0.15) is 6.04 Å². The second-order valence-corrected chi connectivity index (χ2v) is 8.34. The van der Waals surface area contributed by atoms with Crippen LogP contribution in [0.15, 0.2) is 60.7 Å². The Bertz CT molecular complexity index is 699. The van der Waals surface area contributed by atoms with Crippen molar-refractivity contribution in [3.05, 3.63) is 71.8 Å². The summed E-state index contributed by atoms with van der Waals surface area (Å²) >= 11 is 0. The van der Waals surface area contributed by atoms with Crippen LogP contribution in [0.2, 0.25) is 0 Å². The maximum Gasteiger partial charge on any atom is 0.302 e. The predicted molar refractivity (Wildman–Crippen MR) is 106 cm³/mol. The Morgan fingerprint density at radius 2 is 1.29 bits per heavy atom. The molecule has 5 heteroatoms. The normalized spacial score (nSPS) is 29.0. The Kier molecular flexibility index (Phi) is 5.54. The zero-order chi connectivity index (χ0) is 19.6. The highest BCUT2D eigenvalue weighted by atomic mass is 16.9.